The van der Waals surface area contributed by atoms with Crippen molar-refractivity contribution in [1.82, 2.24) is 0 Å². The first-order valence-electron chi connectivity index (χ1n) is 4.94. The predicted molar refractivity (Wildman–Crippen MR) is 75.9 cm³/mol. The molecule has 2 aromatic rings. The summed E-state index contributed by atoms with van der Waals surface area (Å²) in [4.78, 5) is 0. The predicted octanol–water partition coefficient (Wildman–Crippen LogP) is 4.82. The number of halogens is 4. The first-order chi connectivity index (χ1) is 8.47. The molecule has 0 bridgehead atoms. The molecule has 0 aromatic heterocycles. The Morgan fingerprint density at radius 1 is 0.944 bits per heavy atom. The van der Waals surface area contributed by atoms with Gasteiger partial charge in [-0.05, 0) is 40.2 Å². The van der Waals surface area contributed by atoms with Crippen molar-refractivity contribution in [1.29, 1.82) is 0 Å². The third-order valence-electron chi connectivity index (χ3n) is 2.29. The molecule has 3 N–H and O–H groups in total. The molecule has 2 aromatic carbocycles. The lowest BCUT2D eigenvalue weighted by atomic mass is 10.2. The molecule has 0 atom stereocenters. The molecular weight excluding hydrogens is 370 g/mol. The van der Waals surface area contributed by atoms with Gasteiger partial charge in [0.05, 0.1) is 21.5 Å². The zero-order valence-electron chi connectivity index (χ0n) is 8.98. The quantitative estimate of drug-likeness (QED) is 0.736. The van der Waals surface area contributed by atoms with Gasteiger partial charge in [0.2, 0.25) is 0 Å². The van der Waals surface area contributed by atoms with Gasteiger partial charge >= 0.3 is 0 Å². The van der Waals surface area contributed by atoms with Gasteiger partial charge in [0.1, 0.15) is 11.6 Å². The summed E-state index contributed by atoms with van der Waals surface area (Å²) >= 11 is 6.30. The lowest BCUT2D eigenvalue weighted by molar-refractivity contribution is 0.622. The van der Waals surface area contributed by atoms with E-state index < -0.39 is 11.6 Å². The Morgan fingerprint density at radius 3 is 2.39 bits per heavy atom. The molecule has 0 fully saturated rings. The van der Waals surface area contributed by atoms with E-state index in [4.69, 9.17) is 5.73 Å². The van der Waals surface area contributed by atoms with Crippen molar-refractivity contribution in [2.75, 3.05) is 11.1 Å². The third kappa shape index (κ3) is 2.81. The Bertz CT molecular complexity index is 603. The number of nitrogen functional groups attached to an aromatic ring is 1. The van der Waals surface area contributed by atoms with Gasteiger partial charge in [0, 0.05) is 10.5 Å². The highest BCUT2D eigenvalue weighted by Crippen LogP contribution is 2.31. The first-order valence-corrected chi connectivity index (χ1v) is 6.52. The van der Waals surface area contributed by atoms with E-state index in [0.717, 1.165) is 4.47 Å². The van der Waals surface area contributed by atoms with Crippen LogP contribution in [0, 0.1) is 11.6 Å². The van der Waals surface area contributed by atoms with Gasteiger partial charge in [0.15, 0.2) is 0 Å². The van der Waals surface area contributed by atoms with Crippen LogP contribution in [0.3, 0.4) is 0 Å². The van der Waals surface area contributed by atoms with Crippen molar-refractivity contribution in [3.63, 3.8) is 0 Å². The maximum atomic E-state index is 13.6. The average Bonchev–Trinajstić information content (AvgIpc) is 2.30. The molecule has 0 saturated carbocycles. The van der Waals surface area contributed by atoms with Crippen LogP contribution in [0.25, 0.3) is 0 Å². The van der Waals surface area contributed by atoms with Gasteiger partial charge in [-0.15, -0.1) is 0 Å². The van der Waals surface area contributed by atoms with E-state index in [-0.39, 0.29) is 15.8 Å². The van der Waals surface area contributed by atoms with Gasteiger partial charge in [-0.25, -0.2) is 8.78 Å². The average molecular weight is 378 g/mol. The van der Waals surface area contributed by atoms with E-state index in [1.54, 1.807) is 12.1 Å². The lowest BCUT2D eigenvalue weighted by Crippen LogP contribution is -1.99. The number of nitrogens with two attached hydrogens (primary N) is 1. The summed E-state index contributed by atoms with van der Waals surface area (Å²) in [5, 5.41) is 2.82. The van der Waals surface area contributed by atoms with E-state index in [2.05, 4.69) is 37.2 Å². The summed E-state index contributed by atoms with van der Waals surface area (Å²) in [5.41, 5.74) is 6.56. The van der Waals surface area contributed by atoms with E-state index in [1.807, 2.05) is 0 Å². The van der Waals surface area contributed by atoms with Crippen molar-refractivity contribution in [2.24, 2.45) is 0 Å². The number of hydrogen-bond acceptors (Lipinski definition) is 2. The maximum absolute atomic E-state index is 13.6. The molecule has 0 amide bonds. The van der Waals surface area contributed by atoms with E-state index in [1.165, 1.54) is 18.2 Å². The second kappa shape index (κ2) is 5.24. The van der Waals surface area contributed by atoms with Crippen LogP contribution in [0.1, 0.15) is 0 Å². The Hall–Kier alpha value is -1.14. The first kappa shape index (κ1) is 13.3. The molecule has 6 heteroatoms. The molecule has 2 nitrogen and oxygen atoms in total. The fourth-order valence-electron chi connectivity index (χ4n) is 1.41. The van der Waals surface area contributed by atoms with Crippen LogP contribution in [0.2, 0.25) is 0 Å². The maximum Gasteiger partial charge on any atom is 0.146 e. The van der Waals surface area contributed by atoms with Gasteiger partial charge in [-0.2, -0.15) is 0 Å². The summed E-state index contributed by atoms with van der Waals surface area (Å²) in [7, 11) is 0. The fourth-order valence-corrected chi connectivity index (χ4v) is 2.11. The van der Waals surface area contributed by atoms with Gasteiger partial charge < -0.3 is 11.1 Å². The van der Waals surface area contributed by atoms with Crippen LogP contribution in [0.5, 0.6) is 0 Å². The van der Waals surface area contributed by atoms with E-state index >= 15 is 0 Å². The second-order valence-corrected chi connectivity index (χ2v) is 5.37. The molecule has 0 saturated heterocycles. The lowest BCUT2D eigenvalue weighted by Gasteiger charge is -2.11. The van der Waals surface area contributed by atoms with Gasteiger partial charge in [-0.3, -0.25) is 0 Å². The smallest absolute Gasteiger partial charge is 0.146 e. The van der Waals surface area contributed by atoms with Crippen LogP contribution in [0.15, 0.2) is 39.3 Å². The Balaban J connectivity index is 2.40. The molecule has 0 radical (unpaired) electrons. The van der Waals surface area contributed by atoms with Crippen LogP contribution in [0.4, 0.5) is 25.8 Å². The van der Waals surface area contributed by atoms with Gasteiger partial charge in [0.25, 0.3) is 0 Å². The summed E-state index contributed by atoms with van der Waals surface area (Å²) in [6.45, 7) is 0. The van der Waals surface area contributed by atoms with E-state index in [0.29, 0.717) is 5.69 Å². The molecule has 2 rings (SSSR count). The highest BCUT2D eigenvalue weighted by Gasteiger charge is 2.09. The molecule has 0 unspecified atom stereocenters. The third-order valence-corrected chi connectivity index (χ3v) is 3.39. The highest BCUT2D eigenvalue weighted by atomic mass is 79.9. The normalized spacial score (nSPS) is 10.4. The van der Waals surface area contributed by atoms with Crippen molar-refractivity contribution in [2.45, 2.75) is 0 Å². The van der Waals surface area contributed by atoms with Crippen molar-refractivity contribution < 1.29 is 8.78 Å². The zero-order valence-corrected chi connectivity index (χ0v) is 12.1. The summed E-state index contributed by atoms with van der Waals surface area (Å²) in [5.74, 6) is -0.884. The molecule has 0 aliphatic heterocycles. The van der Waals surface area contributed by atoms with Gasteiger partial charge in [-0.1, -0.05) is 15.9 Å². The highest BCUT2D eigenvalue weighted by molar-refractivity contribution is 9.10. The molecular formula is C12H8Br2F2N2. The Labute approximate surface area is 119 Å². The summed E-state index contributed by atoms with van der Waals surface area (Å²) in [6, 6.07) is 7.12. The van der Waals surface area contributed by atoms with Crippen molar-refractivity contribution in [3.05, 3.63) is 50.9 Å². The number of rotatable bonds is 2. The monoisotopic (exact) mass is 376 g/mol. The Morgan fingerprint density at radius 2 is 1.67 bits per heavy atom. The Kier molecular flexibility index (Phi) is 3.87. The van der Waals surface area contributed by atoms with E-state index in [9.17, 15) is 8.78 Å². The zero-order chi connectivity index (χ0) is 13.3. The SMILES string of the molecule is Nc1cc(F)c(Br)cc1Nc1cc(Br)ccc1F. The fraction of sp³-hybridized carbons (Fsp3) is 0. The van der Waals surface area contributed by atoms with Crippen LogP contribution < -0.4 is 11.1 Å². The van der Waals surface area contributed by atoms with Crippen molar-refractivity contribution >= 4 is 48.9 Å². The molecule has 0 heterocycles. The number of anilines is 3. The molecule has 0 aliphatic rings. The summed E-state index contributed by atoms with van der Waals surface area (Å²) < 4.78 is 27.7. The minimum Gasteiger partial charge on any atom is -0.397 e. The number of hydrogen-bond donors (Lipinski definition) is 2. The minimum atomic E-state index is -0.465. The number of benzene rings is 2. The van der Waals surface area contributed by atoms with Crippen LogP contribution in [-0.2, 0) is 0 Å². The molecule has 0 spiro atoms. The molecule has 0 aliphatic carbocycles. The standard InChI is InChI=1S/C12H8Br2F2N2/c13-6-1-2-8(15)11(3-6)18-12-4-7(14)9(16)5-10(12)17/h1-5,18H,17H2. The summed E-state index contributed by atoms with van der Waals surface area (Å²) in [6.07, 6.45) is 0. The largest absolute Gasteiger partial charge is 0.397 e. The van der Waals surface area contributed by atoms with Crippen LogP contribution >= 0.6 is 31.9 Å². The topological polar surface area (TPSA) is 38.0 Å². The molecule has 18 heavy (non-hydrogen) atoms. The number of nitrogens with one attached hydrogen (secondary N) is 1. The second-order valence-electron chi connectivity index (χ2n) is 3.60. The van der Waals surface area contributed by atoms with Crippen molar-refractivity contribution in [3.8, 4) is 0 Å². The van der Waals surface area contributed by atoms with Crippen LogP contribution in [-0.4, -0.2) is 0 Å². The minimum absolute atomic E-state index is 0.204. The molecule has 94 valence electrons.